The predicted molar refractivity (Wildman–Crippen MR) is 78.0 cm³/mol. The van der Waals surface area contributed by atoms with Crippen LogP contribution in [-0.2, 0) is 16.6 Å². The number of benzene rings is 1. The van der Waals surface area contributed by atoms with Crippen LogP contribution in [-0.4, -0.2) is 12.9 Å². The Morgan fingerprint density at radius 1 is 1.25 bits per heavy atom. The molecule has 2 unspecified atom stereocenters. The highest BCUT2D eigenvalue weighted by atomic mass is 16.5. The number of ketones is 1. The molecule has 4 rings (SSSR count). The van der Waals surface area contributed by atoms with Crippen LogP contribution in [0, 0.1) is 10.8 Å². The highest BCUT2D eigenvalue weighted by molar-refractivity contribution is 6.00. The fraction of sp³-hybridized carbons (Fsp3) is 0.500. The number of methoxy groups -OCH3 is 1. The summed E-state index contributed by atoms with van der Waals surface area (Å²) in [4.78, 5) is 12.3. The van der Waals surface area contributed by atoms with E-state index in [0.29, 0.717) is 5.78 Å². The summed E-state index contributed by atoms with van der Waals surface area (Å²) in [6, 6.07) is 6.41. The third-order valence-electron chi connectivity index (χ3n) is 6.39. The summed E-state index contributed by atoms with van der Waals surface area (Å²) in [6.07, 6.45) is 7.20. The minimum Gasteiger partial charge on any atom is -0.497 e. The molecule has 0 radical (unpaired) electrons. The molecule has 0 bridgehead atoms. The Labute approximate surface area is 119 Å². The smallest absolute Gasteiger partial charge is 0.161 e. The van der Waals surface area contributed by atoms with Crippen LogP contribution in [0.15, 0.2) is 30.4 Å². The van der Waals surface area contributed by atoms with E-state index in [1.165, 1.54) is 11.1 Å². The van der Waals surface area contributed by atoms with Crippen molar-refractivity contribution in [3.05, 3.63) is 41.5 Å². The maximum Gasteiger partial charge on any atom is 0.161 e. The predicted octanol–water partition coefficient (Wildman–Crippen LogP) is 3.43. The Kier molecular flexibility index (Phi) is 2.05. The van der Waals surface area contributed by atoms with Crippen molar-refractivity contribution in [2.24, 2.45) is 10.8 Å². The lowest BCUT2D eigenvalue weighted by Gasteiger charge is -2.46. The molecule has 3 aliphatic carbocycles. The van der Waals surface area contributed by atoms with Gasteiger partial charge in [-0.1, -0.05) is 26.0 Å². The lowest BCUT2D eigenvalue weighted by molar-refractivity contribution is -0.121. The number of hydrogen-bond donors (Lipinski definition) is 0. The fourth-order valence-corrected chi connectivity index (χ4v) is 4.93. The van der Waals surface area contributed by atoms with Gasteiger partial charge in [0, 0.05) is 10.8 Å². The Hall–Kier alpha value is -1.57. The minimum absolute atomic E-state index is 0.0300. The SMILES string of the molecule is COc1ccc2c(c1)C1(C)C=CC(=O)C3(C)C[C@]31CC2. The number of ether oxygens (including phenoxy) is 1. The van der Waals surface area contributed by atoms with Gasteiger partial charge in [0.05, 0.1) is 7.11 Å². The average Bonchev–Trinajstić information content (AvgIpc) is 3.09. The fourth-order valence-electron chi connectivity index (χ4n) is 4.93. The third kappa shape index (κ3) is 1.11. The number of allylic oxidation sites excluding steroid dienone is 2. The zero-order chi connectivity index (χ0) is 14.2. The number of fused-ring (bicyclic) bond motifs is 2. The van der Waals surface area contributed by atoms with Crippen LogP contribution in [0.4, 0.5) is 0 Å². The average molecular weight is 268 g/mol. The van der Waals surface area contributed by atoms with Crippen molar-refractivity contribution in [3.8, 4) is 5.75 Å². The maximum atomic E-state index is 12.3. The summed E-state index contributed by atoms with van der Waals surface area (Å²) in [6.45, 7) is 4.46. The van der Waals surface area contributed by atoms with Crippen molar-refractivity contribution >= 4 is 5.78 Å². The van der Waals surface area contributed by atoms with Crippen LogP contribution < -0.4 is 4.74 Å². The molecule has 2 heteroatoms. The molecule has 0 N–H and O–H groups in total. The molecular formula is C18H20O2. The van der Waals surface area contributed by atoms with Crippen molar-refractivity contribution in [1.82, 2.24) is 0 Å². The second-order valence-corrected chi connectivity index (χ2v) is 7.01. The lowest BCUT2D eigenvalue weighted by Crippen LogP contribution is -2.44. The molecule has 3 atom stereocenters. The van der Waals surface area contributed by atoms with Crippen molar-refractivity contribution in [1.29, 1.82) is 0 Å². The van der Waals surface area contributed by atoms with Gasteiger partial charge in [-0.05, 0) is 54.0 Å². The van der Waals surface area contributed by atoms with E-state index in [1.54, 1.807) is 7.11 Å². The molecule has 0 amide bonds. The van der Waals surface area contributed by atoms with Gasteiger partial charge in [0.25, 0.3) is 0 Å². The Balaban J connectivity index is 1.96. The molecule has 20 heavy (non-hydrogen) atoms. The zero-order valence-corrected chi connectivity index (χ0v) is 12.3. The van der Waals surface area contributed by atoms with Gasteiger partial charge in [0.15, 0.2) is 5.78 Å². The Morgan fingerprint density at radius 3 is 2.80 bits per heavy atom. The van der Waals surface area contributed by atoms with Crippen LogP contribution in [0.2, 0.25) is 0 Å². The van der Waals surface area contributed by atoms with Gasteiger partial charge in [-0.2, -0.15) is 0 Å². The molecule has 104 valence electrons. The Morgan fingerprint density at radius 2 is 2.05 bits per heavy atom. The van der Waals surface area contributed by atoms with Crippen molar-refractivity contribution in [2.75, 3.05) is 7.11 Å². The molecule has 3 aliphatic rings. The second kappa shape index (κ2) is 3.36. The van der Waals surface area contributed by atoms with Crippen LogP contribution in [0.1, 0.15) is 37.8 Å². The molecule has 1 saturated carbocycles. The topological polar surface area (TPSA) is 26.3 Å². The summed E-state index contributed by atoms with van der Waals surface area (Å²) >= 11 is 0. The summed E-state index contributed by atoms with van der Waals surface area (Å²) in [5.74, 6) is 1.23. The number of carbonyl (C=O) groups is 1. The first-order valence-corrected chi connectivity index (χ1v) is 7.38. The Bertz CT molecular complexity index is 659. The molecule has 1 aromatic rings. The van der Waals surface area contributed by atoms with Crippen molar-refractivity contribution in [2.45, 2.75) is 38.5 Å². The molecule has 1 spiro atoms. The molecular weight excluding hydrogens is 248 g/mol. The van der Waals surface area contributed by atoms with Crippen LogP contribution in [0.5, 0.6) is 5.75 Å². The summed E-state index contributed by atoms with van der Waals surface area (Å²) in [7, 11) is 1.71. The first-order valence-electron chi connectivity index (χ1n) is 7.38. The molecule has 0 heterocycles. The molecule has 0 aromatic heterocycles. The number of aryl methyl sites for hydroxylation is 1. The van der Waals surface area contributed by atoms with Crippen molar-refractivity contribution < 1.29 is 9.53 Å². The van der Waals surface area contributed by atoms with E-state index in [2.05, 4.69) is 32.1 Å². The van der Waals surface area contributed by atoms with E-state index in [1.807, 2.05) is 12.1 Å². The van der Waals surface area contributed by atoms with Crippen LogP contribution in [0.25, 0.3) is 0 Å². The van der Waals surface area contributed by atoms with Gasteiger partial charge in [0.2, 0.25) is 0 Å². The van der Waals surface area contributed by atoms with E-state index < -0.39 is 0 Å². The quantitative estimate of drug-likeness (QED) is 0.780. The highest BCUT2D eigenvalue weighted by Crippen LogP contribution is 2.78. The van der Waals surface area contributed by atoms with Gasteiger partial charge in [0.1, 0.15) is 5.75 Å². The van der Waals surface area contributed by atoms with E-state index in [-0.39, 0.29) is 16.2 Å². The lowest BCUT2D eigenvalue weighted by atomic mass is 9.56. The first-order chi connectivity index (χ1) is 9.47. The van der Waals surface area contributed by atoms with Gasteiger partial charge in [-0.25, -0.2) is 0 Å². The molecule has 1 aromatic carbocycles. The van der Waals surface area contributed by atoms with Crippen molar-refractivity contribution in [3.63, 3.8) is 0 Å². The zero-order valence-electron chi connectivity index (χ0n) is 12.3. The summed E-state index contributed by atoms with van der Waals surface area (Å²) in [5, 5.41) is 0. The molecule has 1 fully saturated rings. The summed E-state index contributed by atoms with van der Waals surface area (Å²) < 4.78 is 5.41. The maximum absolute atomic E-state index is 12.3. The summed E-state index contributed by atoms with van der Waals surface area (Å²) in [5.41, 5.74) is 2.73. The van der Waals surface area contributed by atoms with Crippen LogP contribution >= 0.6 is 0 Å². The van der Waals surface area contributed by atoms with Gasteiger partial charge >= 0.3 is 0 Å². The van der Waals surface area contributed by atoms with Crippen LogP contribution in [0.3, 0.4) is 0 Å². The number of rotatable bonds is 1. The third-order valence-corrected chi connectivity index (χ3v) is 6.39. The minimum atomic E-state index is -0.142. The van der Waals surface area contributed by atoms with Gasteiger partial charge in [-0.15, -0.1) is 0 Å². The number of carbonyl (C=O) groups excluding carboxylic acids is 1. The molecule has 0 saturated heterocycles. The highest BCUT2D eigenvalue weighted by Gasteiger charge is 2.76. The largest absolute Gasteiger partial charge is 0.497 e. The monoisotopic (exact) mass is 268 g/mol. The van der Waals surface area contributed by atoms with E-state index in [9.17, 15) is 4.79 Å². The van der Waals surface area contributed by atoms with Gasteiger partial charge < -0.3 is 4.74 Å². The second-order valence-electron chi connectivity index (χ2n) is 7.01. The standard InChI is InChI=1S/C18H20O2/c1-16-8-7-15(19)17(2)11-18(16,17)9-6-12-4-5-13(20-3)10-14(12)16/h4-5,7-8,10H,6,9,11H2,1-3H3/t16?,17?,18-/m0/s1. The van der Waals surface area contributed by atoms with E-state index in [0.717, 1.165) is 25.0 Å². The number of hydrogen-bond acceptors (Lipinski definition) is 2. The van der Waals surface area contributed by atoms with E-state index in [4.69, 9.17) is 4.74 Å². The molecule has 2 nitrogen and oxygen atoms in total. The van der Waals surface area contributed by atoms with Gasteiger partial charge in [-0.3, -0.25) is 4.79 Å². The normalized spacial score (nSPS) is 40.6. The first kappa shape index (κ1) is 12.2. The van der Waals surface area contributed by atoms with E-state index >= 15 is 0 Å². The molecule has 0 aliphatic heterocycles.